The van der Waals surface area contributed by atoms with Gasteiger partial charge in [0.05, 0.1) is 20.5 Å². The second-order valence-corrected chi connectivity index (χ2v) is 5.33. The fourth-order valence-corrected chi connectivity index (χ4v) is 2.23. The van der Waals surface area contributed by atoms with Crippen molar-refractivity contribution < 1.29 is 14.5 Å². The molecule has 0 saturated carbocycles. The van der Waals surface area contributed by atoms with Crippen LogP contribution in [0.2, 0.25) is 5.02 Å². The smallest absolute Gasteiger partial charge is 0.273 e. The Morgan fingerprint density at radius 3 is 2.67 bits per heavy atom. The summed E-state index contributed by atoms with van der Waals surface area (Å²) in [5.74, 6) is -0.0800. The lowest BCUT2D eigenvalue weighted by atomic mass is 10.1. The summed E-state index contributed by atoms with van der Waals surface area (Å²) in [6.45, 7) is -0.260. The van der Waals surface area contributed by atoms with Crippen LogP contribution in [0.3, 0.4) is 0 Å². The van der Waals surface area contributed by atoms with Crippen LogP contribution in [0.4, 0.5) is 5.69 Å². The first-order chi connectivity index (χ1) is 9.99. The molecule has 5 nitrogen and oxygen atoms in total. The van der Waals surface area contributed by atoms with E-state index >= 15 is 0 Å². The van der Waals surface area contributed by atoms with E-state index in [0.717, 1.165) is 0 Å². The topological polar surface area (TPSA) is 69.4 Å². The van der Waals surface area contributed by atoms with Crippen molar-refractivity contribution in [2.45, 2.75) is 0 Å². The van der Waals surface area contributed by atoms with Crippen LogP contribution in [0.15, 0.2) is 46.9 Å². The summed E-state index contributed by atoms with van der Waals surface area (Å²) in [4.78, 5) is 22.2. The highest BCUT2D eigenvalue weighted by Gasteiger charge is 2.14. The molecule has 0 saturated heterocycles. The number of hydrogen-bond acceptors (Lipinski definition) is 4. The van der Waals surface area contributed by atoms with Gasteiger partial charge in [0.1, 0.15) is 5.75 Å². The van der Waals surface area contributed by atoms with Gasteiger partial charge in [0.25, 0.3) is 5.69 Å². The number of ether oxygens (including phenoxy) is 1. The fraction of sp³-hybridized carbons (Fsp3) is 0.0714. The Balaban J connectivity index is 2.13. The molecule has 0 aliphatic rings. The molecule has 0 amide bonds. The monoisotopic (exact) mass is 369 g/mol. The number of nitro benzene ring substituents is 1. The molecule has 0 radical (unpaired) electrons. The largest absolute Gasteiger partial charge is 0.484 e. The Labute approximate surface area is 133 Å². The normalized spacial score (nSPS) is 10.2. The lowest BCUT2D eigenvalue weighted by molar-refractivity contribution is -0.384. The first-order valence-electron chi connectivity index (χ1n) is 5.83. The minimum atomic E-state index is -0.533. The van der Waals surface area contributed by atoms with E-state index in [1.165, 1.54) is 18.2 Å². The van der Waals surface area contributed by atoms with Gasteiger partial charge in [-0.05, 0) is 34.1 Å². The quantitative estimate of drug-likeness (QED) is 0.448. The molecule has 108 valence electrons. The molecule has 0 aliphatic carbocycles. The minimum Gasteiger partial charge on any atom is -0.484 e. The molecule has 0 aliphatic heterocycles. The molecular formula is C14H9BrClNO4. The zero-order valence-electron chi connectivity index (χ0n) is 10.6. The Morgan fingerprint density at radius 2 is 2.00 bits per heavy atom. The molecule has 0 heterocycles. The fourth-order valence-electron chi connectivity index (χ4n) is 1.62. The molecule has 0 aromatic heterocycles. The van der Waals surface area contributed by atoms with E-state index in [1.54, 1.807) is 24.3 Å². The van der Waals surface area contributed by atoms with Crippen LogP contribution in [0.1, 0.15) is 10.4 Å². The van der Waals surface area contributed by atoms with Crippen molar-refractivity contribution in [2.24, 2.45) is 0 Å². The standard InChI is InChI=1S/C14H9BrClNO4/c15-11-6-5-9(17(19)20)7-14(11)21-8-13(18)10-3-1-2-4-12(10)16/h1-7H,8H2. The summed E-state index contributed by atoms with van der Waals surface area (Å²) in [7, 11) is 0. The molecule has 0 spiro atoms. The van der Waals surface area contributed by atoms with Crippen LogP contribution in [0, 0.1) is 10.1 Å². The molecule has 0 bridgehead atoms. The van der Waals surface area contributed by atoms with Crippen molar-refractivity contribution in [3.05, 3.63) is 67.6 Å². The maximum Gasteiger partial charge on any atom is 0.273 e. The summed E-state index contributed by atoms with van der Waals surface area (Å²) in [6, 6.07) is 10.7. The minimum absolute atomic E-state index is 0.113. The number of benzene rings is 2. The zero-order chi connectivity index (χ0) is 15.4. The molecule has 0 N–H and O–H groups in total. The molecule has 0 atom stereocenters. The number of rotatable bonds is 5. The predicted octanol–water partition coefficient (Wildman–Crippen LogP) is 4.27. The number of non-ortho nitro benzene ring substituents is 1. The highest BCUT2D eigenvalue weighted by atomic mass is 79.9. The SMILES string of the molecule is O=C(COc1cc([N+](=O)[O-])ccc1Br)c1ccccc1Cl. The summed E-state index contributed by atoms with van der Waals surface area (Å²) in [6.07, 6.45) is 0. The molecule has 2 aromatic carbocycles. The van der Waals surface area contributed by atoms with Crippen molar-refractivity contribution in [3.63, 3.8) is 0 Å². The van der Waals surface area contributed by atoms with E-state index in [9.17, 15) is 14.9 Å². The third-order valence-corrected chi connectivity index (χ3v) is 3.64. The second kappa shape index (κ2) is 6.69. The van der Waals surface area contributed by atoms with E-state index in [-0.39, 0.29) is 23.8 Å². The predicted molar refractivity (Wildman–Crippen MR) is 82.1 cm³/mol. The molecule has 0 unspecified atom stereocenters. The molecule has 2 rings (SSSR count). The summed E-state index contributed by atoms with van der Waals surface area (Å²) >= 11 is 9.14. The van der Waals surface area contributed by atoms with Crippen LogP contribution < -0.4 is 4.74 Å². The zero-order valence-corrected chi connectivity index (χ0v) is 12.9. The Bertz CT molecular complexity index is 705. The number of Topliss-reactive ketones (excluding diaryl/α,β-unsaturated/α-hetero) is 1. The summed E-state index contributed by atoms with van der Waals surface area (Å²) < 4.78 is 5.87. The molecule has 7 heteroatoms. The maximum absolute atomic E-state index is 12.0. The van der Waals surface area contributed by atoms with Gasteiger partial charge in [-0.2, -0.15) is 0 Å². The Kier molecular flexibility index (Phi) is 4.93. The lowest BCUT2D eigenvalue weighted by Gasteiger charge is -2.08. The molecule has 2 aromatic rings. The molecular weight excluding hydrogens is 362 g/mol. The number of carbonyl (C=O) groups is 1. The van der Waals surface area contributed by atoms with Crippen molar-refractivity contribution in [2.75, 3.05) is 6.61 Å². The van der Waals surface area contributed by atoms with Gasteiger partial charge < -0.3 is 4.74 Å². The first-order valence-corrected chi connectivity index (χ1v) is 7.00. The van der Waals surface area contributed by atoms with Crippen molar-refractivity contribution in [1.82, 2.24) is 0 Å². The van der Waals surface area contributed by atoms with Gasteiger partial charge in [-0.1, -0.05) is 23.7 Å². The van der Waals surface area contributed by atoms with Crippen LogP contribution in [0.5, 0.6) is 5.75 Å². The number of ketones is 1. The molecule has 21 heavy (non-hydrogen) atoms. The van der Waals surface area contributed by atoms with E-state index in [2.05, 4.69) is 15.9 Å². The third kappa shape index (κ3) is 3.80. The van der Waals surface area contributed by atoms with Crippen LogP contribution in [0.25, 0.3) is 0 Å². The average Bonchev–Trinajstić information content (AvgIpc) is 2.46. The third-order valence-electron chi connectivity index (χ3n) is 2.66. The van der Waals surface area contributed by atoms with Gasteiger partial charge >= 0.3 is 0 Å². The highest BCUT2D eigenvalue weighted by molar-refractivity contribution is 9.10. The maximum atomic E-state index is 12.0. The van der Waals surface area contributed by atoms with Gasteiger partial charge in [-0.3, -0.25) is 14.9 Å². The van der Waals surface area contributed by atoms with Gasteiger partial charge in [-0.15, -0.1) is 0 Å². The van der Waals surface area contributed by atoms with Crippen LogP contribution in [-0.4, -0.2) is 17.3 Å². The van der Waals surface area contributed by atoms with Gasteiger partial charge in [0, 0.05) is 11.6 Å². The highest BCUT2D eigenvalue weighted by Crippen LogP contribution is 2.29. The first kappa shape index (κ1) is 15.5. The number of hydrogen-bond donors (Lipinski definition) is 0. The van der Waals surface area contributed by atoms with E-state index in [4.69, 9.17) is 16.3 Å². The van der Waals surface area contributed by atoms with Crippen molar-refractivity contribution in [1.29, 1.82) is 0 Å². The number of nitro groups is 1. The number of halogens is 2. The van der Waals surface area contributed by atoms with E-state index < -0.39 is 4.92 Å². The van der Waals surface area contributed by atoms with E-state index in [1.807, 2.05) is 0 Å². The van der Waals surface area contributed by atoms with Crippen molar-refractivity contribution in [3.8, 4) is 5.75 Å². The van der Waals surface area contributed by atoms with Crippen LogP contribution >= 0.6 is 27.5 Å². The Hall–Kier alpha value is -1.92. The lowest BCUT2D eigenvalue weighted by Crippen LogP contribution is -2.12. The van der Waals surface area contributed by atoms with Crippen LogP contribution in [-0.2, 0) is 0 Å². The van der Waals surface area contributed by atoms with Crippen molar-refractivity contribution >= 4 is 39.0 Å². The average molecular weight is 371 g/mol. The van der Waals surface area contributed by atoms with Gasteiger partial charge in [0.15, 0.2) is 6.61 Å². The molecule has 0 fully saturated rings. The second-order valence-electron chi connectivity index (χ2n) is 4.06. The van der Waals surface area contributed by atoms with Gasteiger partial charge in [-0.25, -0.2) is 0 Å². The summed E-state index contributed by atoms with van der Waals surface area (Å²) in [5, 5.41) is 11.1. The number of nitrogens with zero attached hydrogens (tertiary/aromatic N) is 1. The van der Waals surface area contributed by atoms with Gasteiger partial charge in [0.2, 0.25) is 5.78 Å². The van der Waals surface area contributed by atoms with E-state index in [0.29, 0.717) is 15.1 Å². The summed E-state index contributed by atoms with van der Waals surface area (Å²) in [5.41, 5.74) is 0.235. The number of carbonyl (C=O) groups excluding carboxylic acids is 1. The Morgan fingerprint density at radius 1 is 1.29 bits per heavy atom.